The van der Waals surface area contributed by atoms with E-state index in [0.29, 0.717) is 67.1 Å². The molecule has 0 saturated carbocycles. The van der Waals surface area contributed by atoms with E-state index < -0.39 is 11.9 Å². The van der Waals surface area contributed by atoms with Gasteiger partial charge < -0.3 is 14.7 Å². The quantitative estimate of drug-likeness (QED) is 0.581. The minimum absolute atomic E-state index is 0.000345. The number of hydrogen-bond donors (Lipinski definition) is 1. The number of Topliss-reactive ketones (excluding diaryl/α,β-unsaturated/α-hetero) is 2. The molecule has 6 nitrogen and oxygen atoms in total. The Morgan fingerprint density at radius 1 is 0.886 bits per heavy atom. The van der Waals surface area contributed by atoms with Gasteiger partial charge in [0, 0.05) is 46.3 Å². The number of carbonyl (C=O) groups excluding carboxylic acids is 2. The molecule has 1 heterocycles. The Labute approximate surface area is 208 Å². The molecule has 1 N–H and O–H groups in total. The number of hydrogen-bond acceptors (Lipinski definition) is 5. The van der Waals surface area contributed by atoms with Gasteiger partial charge in [-0.1, -0.05) is 35.9 Å². The van der Waals surface area contributed by atoms with Gasteiger partial charge in [-0.2, -0.15) is 0 Å². The zero-order valence-electron chi connectivity index (χ0n) is 19.3. The molecule has 5 rings (SSSR count). The molecule has 0 atom stereocenters. The van der Waals surface area contributed by atoms with Gasteiger partial charge in [-0.3, -0.25) is 14.4 Å². The summed E-state index contributed by atoms with van der Waals surface area (Å²) >= 11 is 5.94. The third-order valence-electron chi connectivity index (χ3n) is 6.91. The van der Waals surface area contributed by atoms with Crippen LogP contribution in [0.4, 0.5) is 0 Å². The van der Waals surface area contributed by atoms with E-state index in [0.717, 1.165) is 22.5 Å². The number of ether oxygens (including phenoxy) is 1. The van der Waals surface area contributed by atoms with E-state index >= 15 is 0 Å². The van der Waals surface area contributed by atoms with Crippen LogP contribution in [-0.2, 0) is 21.0 Å². The molecule has 0 saturated heterocycles. The number of rotatable bonds is 6. The number of carboxylic acids is 1. The molecule has 1 aliphatic heterocycles. The van der Waals surface area contributed by atoms with Crippen molar-refractivity contribution in [2.75, 3.05) is 6.54 Å². The summed E-state index contributed by atoms with van der Waals surface area (Å²) in [6, 6.07) is 15.0. The standard InChI is InChI=1S/C28H26ClNO5/c29-19-11-7-17(8-12-19)16-35-20-13-9-18(10-14-20)26-27-21(3-1-5-23(27)31)30(15-25(33)34)22-4-2-6-24(32)28(22)26/h7-14,26H,1-6,15-16H2,(H,33,34). The monoisotopic (exact) mass is 491 g/mol. The van der Waals surface area contributed by atoms with Crippen LogP contribution in [0.2, 0.25) is 5.02 Å². The van der Waals surface area contributed by atoms with E-state index in [1.54, 1.807) is 4.90 Å². The van der Waals surface area contributed by atoms with Crippen LogP contribution in [0.3, 0.4) is 0 Å². The maximum Gasteiger partial charge on any atom is 0.323 e. The number of nitrogens with zero attached hydrogens (tertiary/aromatic N) is 1. The predicted octanol–water partition coefficient (Wildman–Crippen LogP) is 5.42. The van der Waals surface area contributed by atoms with Gasteiger partial charge in [-0.25, -0.2) is 0 Å². The summed E-state index contributed by atoms with van der Waals surface area (Å²) in [6.07, 6.45) is 3.48. The Morgan fingerprint density at radius 3 is 2.00 bits per heavy atom. The lowest BCUT2D eigenvalue weighted by Gasteiger charge is -2.43. The highest BCUT2D eigenvalue weighted by atomic mass is 35.5. The second-order valence-corrected chi connectivity index (χ2v) is 9.61. The lowest BCUT2D eigenvalue weighted by Crippen LogP contribution is -2.41. The van der Waals surface area contributed by atoms with Crippen LogP contribution in [0.25, 0.3) is 0 Å². The molecule has 0 spiro atoms. The van der Waals surface area contributed by atoms with Gasteiger partial charge in [0.2, 0.25) is 0 Å². The molecule has 35 heavy (non-hydrogen) atoms. The zero-order chi connectivity index (χ0) is 24.5. The Morgan fingerprint density at radius 2 is 1.46 bits per heavy atom. The van der Waals surface area contributed by atoms with E-state index in [2.05, 4.69) is 0 Å². The van der Waals surface area contributed by atoms with Gasteiger partial charge in [0.25, 0.3) is 0 Å². The first-order valence-corrected chi connectivity index (χ1v) is 12.3. The van der Waals surface area contributed by atoms with E-state index in [1.807, 2.05) is 48.5 Å². The van der Waals surface area contributed by atoms with E-state index in [4.69, 9.17) is 16.3 Å². The van der Waals surface area contributed by atoms with Gasteiger partial charge in [0.15, 0.2) is 11.6 Å². The minimum atomic E-state index is -0.972. The molecule has 0 radical (unpaired) electrons. The van der Waals surface area contributed by atoms with E-state index in [-0.39, 0.29) is 18.1 Å². The van der Waals surface area contributed by atoms with Crippen LogP contribution in [0.15, 0.2) is 71.1 Å². The van der Waals surface area contributed by atoms with Crippen molar-refractivity contribution in [1.82, 2.24) is 4.90 Å². The first-order chi connectivity index (χ1) is 16.9. The summed E-state index contributed by atoms with van der Waals surface area (Å²) in [5, 5.41) is 10.2. The second-order valence-electron chi connectivity index (χ2n) is 9.17. The summed E-state index contributed by atoms with van der Waals surface area (Å²) in [6.45, 7) is 0.161. The molecule has 0 bridgehead atoms. The minimum Gasteiger partial charge on any atom is -0.489 e. The maximum atomic E-state index is 13.2. The lowest BCUT2D eigenvalue weighted by atomic mass is 9.71. The first kappa shape index (κ1) is 23.4. The number of benzene rings is 2. The van der Waals surface area contributed by atoms with Crippen molar-refractivity contribution in [3.8, 4) is 5.75 Å². The number of aliphatic carboxylic acids is 1. The van der Waals surface area contributed by atoms with Gasteiger partial charge >= 0.3 is 5.97 Å². The summed E-state index contributed by atoms with van der Waals surface area (Å²) in [7, 11) is 0. The molecule has 2 aromatic carbocycles. The van der Waals surface area contributed by atoms with E-state index in [9.17, 15) is 19.5 Å². The van der Waals surface area contributed by atoms with Gasteiger partial charge in [0.1, 0.15) is 18.9 Å². The largest absolute Gasteiger partial charge is 0.489 e. The Hall–Kier alpha value is -3.38. The molecular formula is C28H26ClNO5. The van der Waals surface area contributed by atoms with Crippen molar-refractivity contribution in [3.63, 3.8) is 0 Å². The number of halogens is 1. The van der Waals surface area contributed by atoms with Crippen molar-refractivity contribution >= 4 is 29.1 Å². The summed E-state index contributed by atoms with van der Waals surface area (Å²) < 4.78 is 5.92. The predicted molar refractivity (Wildman–Crippen MR) is 131 cm³/mol. The molecule has 2 aromatic rings. The van der Waals surface area contributed by atoms with Crippen molar-refractivity contribution in [2.24, 2.45) is 0 Å². The maximum absolute atomic E-state index is 13.2. The smallest absolute Gasteiger partial charge is 0.323 e. The Bertz CT molecular complexity index is 1200. The molecule has 0 aromatic heterocycles. The fourth-order valence-electron chi connectivity index (χ4n) is 5.38. The van der Waals surface area contributed by atoms with Gasteiger partial charge in [-0.15, -0.1) is 0 Å². The second kappa shape index (κ2) is 9.70. The van der Waals surface area contributed by atoms with Crippen molar-refractivity contribution in [3.05, 3.63) is 87.2 Å². The summed E-state index contributed by atoms with van der Waals surface area (Å²) in [4.78, 5) is 39.8. The van der Waals surface area contributed by atoms with Gasteiger partial charge in [-0.05, 0) is 61.1 Å². The number of carboxylic acid groups (broad SMARTS) is 1. The molecule has 3 aliphatic rings. The average molecular weight is 492 g/mol. The summed E-state index contributed by atoms with van der Waals surface area (Å²) in [5.41, 5.74) is 4.55. The fraction of sp³-hybridized carbons (Fsp3) is 0.321. The highest BCUT2D eigenvalue weighted by Gasteiger charge is 2.43. The van der Waals surface area contributed by atoms with Crippen molar-refractivity contribution < 1.29 is 24.2 Å². The molecule has 0 unspecified atom stereocenters. The number of carbonyl (C=O) groups is 3. The zero-order valence-corrected chi connectivity index (χ0v) is 20.0. The van der Waals surface area contributed by atoms with E-state index in [1.165, 1.54) is 0 Å². The summed E-state index contributed by atoms with van der Waals surface area (Å²) in [5.74, 6) is -0.754. The normalized spacial score (nSPS) is 18.5. The lowest BCUT2D eigenvalue weighted by molar-refractivity contribution is -0.138. The highest BCUT2D eigenvalue weighted by Crippen LogP contribution is 2.49. The number of allylic oxidation sites excluding steroid dienone is 4. The average Bonchev–Trinajstić information content (AvgIpc) is 2.85. The van der Waals surface area contributed by atoms with Crippen LogP contribution in [0, 0.1) is 0 Å². The topological polar surface area (TPSA) is 83.9 Å². The van der Waals surface area contributed by atoms with Gasteiger partial charge in [0.05, 0.1) is 0 Å². The van der Waals surface area contributed by atoms with Crippen LogP contribution in [0.5, 0.6) is 5.75 Å². The molecule has 180 valence electrons. The molecule has 0 amide bonds. The third-order valence-corrected chi connectivity index (χ3v) is 7.16. The molecule has 7 heteroatoms. The van der Waals surface area contributed by atoms with Crippen LogP contribution < -0.4 is 4.74 Å². The Kier molecular flexibility index (Phi) is 6.48. The van der Waals surface area contributed by atoms with Crippen LogP contribution in [-0.4, -0.2) is 34.1 Å². The highest BCUT2D eigenvalue weighted by molar-refractivity contribution is 6.30. The fourth-order valence-corrected chi connectivity index (χ4v) is 5.51. The third kappa shape index (κ3) is 4.63. The molecule has 2 aliphatic carbocycles. The van der Waals surface area contributed by atoms with Crippen LogP contribution >= 0.6 is 11.6 Å². The molecular weight excluding hydrogens is 466 g/mol. The number of ketones is 2. The van der Waals surface area contributed by atoms with Crippen molar-refractivity contribution in [2.45, 2.75) is 51.0 Å². The first-order valence-electron chi connectivity index (χ1n) is 11.9. The van der Waals surface area contributed by atoms with Crippen LogP contribution in [0.1, 0.15) is 55.6 Å². The Balaban J connectivity index is 1.49. The molecule has 0 fully saturated rings. The SMILES string of the molecule is O=C(O)CN1C2=C(C(=O)CCC2)C(c2ccc(OCc3ccc(Cl)cc3)cc2)C2=C1CCCC2=O. The van der Waals surface area contributed by atoms with Crippen molar-refractivity contribution in [1.29, 1.82) is 0 Å².